The van der Waals surface area contributed by atoms with Crippen LogP contribution in [-0.4, -0.2) is 75.1 Å². The lowest BCUT2D eigenvalue weighted by Crippen LogP contribution is -2.24. The maximum absolute atomic E-state index is 12.5. The third kappa shape index (κ3) is 58.5. The zero-order chi connectivity index (χ0) is 56.9. The van der Waals surface area contributed by atoms with E-state index in [1.807, 2.05) is 0 Å². The minimum absolute atomic E-state index is 0.000604. The van der Waals surface area contributed by atoms with Crippen LogP contribution in [0.3, 0.4) is 0 Å². The highest BCUT2D eigenvalue weighted by atomic mass is 16.5. The number of nitrogens with one attached hydrogen (secondary N) is 2. The molecule has 0 aromatic rings. The summed E-state index contributed by atoms with van der Waals surface area (Å²) in [6.45, 7) is 14.2. The van der Waals surface area contributed by atoms with Crippen LogP contribution < -0.4 is 10.6 Å². The maximum Gasteiger partial charge on any atom is 0.305 e. The second kappa shape index (κ2) is 62.4. The number of esters is 2. The molecule has 9 nitrogen and oxygen atoms in total. The molecule has 462 valence electrons. The number of hydrogen-bond acceptors (Lipinski definition) is 7. The molecule has 0 aromatic heterocycles. The van der Waals surface area contributed by atoms with Gasteiger partial charge in [0, 0.05) is 38.8 Å². The molecule has 2 N–H and O–H groups in total. The molecular weight excluding hydrogens is 967 g/mol. The van der Waals surface area contributed by atoms with Crippen molar-refractivity contribution in [1.82, 2.24) is 15.5 Å². The molecular formula is C69H135N3O6. The molecule has 9 heteroatoms. The molecule has 2 atom stereocenters. The van der Waals surface area contributed by atoms with E-state index in [9.17, 15) is 19.2 Å². The molecule has 0 fully saturated rings. The van der Waals surface area contributed by atoms with Gasteiger partial charge in [-0.1, -0.05) is 259 Å². The summed E-state index contributed by atoms with van der Waals surface area (Å²) in [6.07, 6.45) is 60.5. The van der Waals surface area contributed by atoms with E-state index in [0.717, 1.165) is 103 Å². The van der Waals surface area contributed by atoms with Crippen molar-refractivity contribution in [3.05, 3.63) is 0 Å². The molecule has 0 aliphatic rings. The topological polar surface area (TPSA) is 114 Å². The summed E-state index contributed by atoms with van der Waals surface area (Å²) in [5.74, 6) is 1.48. The van der Waals surface area contributed by atoms with Crippen molar-refractivity contribution in [3.8, 4) is 0 Å². The number of carbonyl (C=O) groups excluding carboxylic acids is 4. The zero-order valence-corrected chi connectivity index (χ0v) is 53.1. The predicted octanol–water partition coefficient (Wildman–Crippen LogP) is 19.8. The highest BCUT2D eigenvalue weighted by Crippen LogP contribution is 2.22. The Balaban J connectivity index is 3.63. The largest absolute Gasteiger partial charge is 0.465 e. The molecule has 0 saturated carbocycles. The highest BCUT2D eigenvalue weighted by molar-refractivity contribution is 5.76. The van der Waals surface area contributed by atoms with Gasteiger partial charge in [0.15, 0.2) is 0 Å². The van der Waals surface area contributed by atoms with Gasteiger partial charge in [-0.05, 0) is 109 Å². The summed E-state index contributed by atoms with van der Waals surface area (Å²) < 4.78 is 11.5. The van der Waals surface area contributed by atoms with Gasteiger partial charge in [-0.3, -0.25) is 19.2 Å². The molecule has 2 amide bonds. The Morgan fingerprint density at radius 2 is 0.551 bits per heavy atom. The summed E-state index contributed by atoms with van der Waals surface area (Å²) >= 11 is 0. The summed E-state index contributed by atoms with van der Waals surface area (Å²) in [5, 5.41) is 6.26. The fourth-order valence-electron chi connectivity index (χ4n) is 11.0. The number of ether oxygens (including phenoxy) is 2. The van der Waals surface area contributed by atoms with Gasteiger partial charge in [-0.2, -0.15) is 0 Å². The summed E-state index contributed by atoms with van der Waals surface area (Å²) in [7, 11) is 2.24. The van der Waals surface area contributed by atoms with E-state index in [0.29, 0.717) is 50.7 Å². The average molecular weight is 1100 g/mol. The minimum atomic E-state index is -0.000604. The van der Waals surface area contributed by atoms with Crippen molar-refractivity contribution in [1.29, 1.82) is 0 Å². The average Bonchev–Trinajstić information content (AvgIpc) is 3.43. The molecule has 0 radical (unpaired) electrons. The Labute approximate surface area is 485 Å². The zero-order valence-electron chi connectivity index (χ0n) is 53.1. The number of hydrogen-bond donors (Lipinski definition) is 2. The monoisotopic (exact) mass is 1100 g/mol. The first kappa shape index (κ1) is 75.8. The first-order valence-electron chi connectivity index (χ1n) is 34.8. The van der Waals surface area contributed by atoms with Crippen molar-refractivity contribution >= 4 is 23.8 Å². The Kier molecular flexibility index (Phi) is 60.7. The maximum atomic E-state index is 12.5. The van der Waals surface area contributed by atoms with Gasteiger partial charge < -0.3 is 25.0 Å². The Morgan fingerprint density at radius 1 is 0.308 bits per heavy atom. The lowest BCUT2D eigenvalue weighted by Gasteiger charge is -2.17. The van der Waals surface area contributed by atoms with Gasteiger partial charge in [0.1, 0.15) is 0 Å². The smallest absolute Gasteiger partial charge is 0.305 e. The van der Waals surface area contributed by atoms with Crippen molar-refractivity contribution in [3.63, 3.8) is 0 Å². The number of carbonyl (C=O) groups is 4. The van der Waals surface area contributed by atoms with Crippen molar-refractivity contribution in [2.75, 3.05) is 46.4 Å². The summed E-state index contributed by atoms with van der Waals surface area (Å²) in [6, 6.07) is 0. The number of amides is 2. The van der Waals surface area contributed by atoms with E-state index in [1.165, 1.54) is 231 Å². The van der Waals surface area contributed by atoms with E-state index >= 15 is 0 Å². The van der Waals surface area contributed by atoms with Gasteiger partial charge in [-0.25, -0.2) is 0 Å². The fraction of sp³-hybridized carbons (Fsp3) is 0.942. The Bertz CT molecular complexity index is 1190. The van der Waals surface area contributed by atoms with Gasteiger partial charge in [0.25, 0.3) is 0 Å². The third-order valence-electron chi connectivity index (χ3n) is 16.5. The van der Waals surface area contributed by atoms with Crippen molar-refractivity contribution < 1.29 is 28.7 Å². The Morgan fingerprint density at radius 3 is 0.872 bits per heavy atom. The molecule has 0 saturated heterocycles. The lowest BCUT2D eigenvalue weighted by atomic mass is 9.95. The standard InChI is InChI=1S/C69H135N3O6/c1-6-10-14-18-28-40-52-64(50-38-16-12-8-3)62-77-68(75)56-44-32-22-20-24-34-46-58-70-66(73)54-42-30-26-36-48-60-72(5)61-49-37-27-31-43-55-67(74)71-59-47-35-25-21-23-33-45-57-69(76)78-63-65(51-39-17-13-9-4)53-41-29-19-15-11-7-2/h64-65H,6-63H2,1-5H3,(H,70,73)(H,71,74). The molecule has 0 spiro atoms. The van der Waals surface area contributed by atoms with Crippen molar-refractivity contribution in [2.24, 2.45) is 11.8 Å². The Hall–Kier alpha value is -2.16. The second-order valence-electron chi connectivity index (χ2n) is 24.4. The number of rotatable bonds is 64. The van der Waals surface area contributed by atoms with E-state index in [-0.39, 0.29) is 23.8 Å². The quantitative estimate of drug-likeness (QED) is 0.0461. The SMILES string of the molecule is CCCCCCCCC(CCCCCC)COC(=O)CCCCCCCCCNC(=O)CCCCCCCN(C)CCCCCCCC(=O)NCCCCCCCCCC(=O)OCC(CCCCCC)CCCCCCCC. The second-order valence-corrected chi connectivity index (χ2v) is 24.4. The van der Waals surface area contributed by atoms with Crippen LogP contribution in [0.5, 0.6) is 0 Å². The molecule has 0 aromatic carbocycles. The number of unbranched alkanes of at least 4 members (excludes halogenated alkanes) is 36. The van der Waals surface area contributed by atoms with Crippen LogP contribution in [0.1, 0.15) is 362 Å². The molecule has 0 rings (SSSR count). The lowest BCUT2D eigenvalue weighted by molar-refractivity contribution is -0.146. The molecule has 0 aliphatic carbocycles. The molecule has 0 heterocycles. The van der Waals surface area contributed by atoms with Crippen LogP contribution >= 0.6 is 0 Å². The van der Waals surface area contributed by atoms with Crippen LogP contribution in [0.25, 0.3) is 0 Å². The summed E-state index contributed by atoms with van der Waals surface area (Å²) in [4.78, 5) is 52.1. The highest BCUT2D eigenvalue weighted by Gasteiger charge is 2.14. The van der Waals surface area contributed by atoms with Crippen LogP contribution in [0.15, 0.2) is 0 Å². The van der Waals surface area contributed by atoms with E-state index in [2.05, 4.69) is 50.3 Å². The van der Waals surface area contributed by atoms with Crippen LogP contribution in [0, 0.1) is 11.8 Å². The summed E-state index contributed by atoms with van der Waals surface area (Å²) in [5.41, 5.74) is 0. The molecule has 0 bridgehead atoms. The van der Waals surface area contributed by atoms with E-state index in [1.54, 1.807) is 0 Å². The molecule has 78 heavy (non-hydrogen) atoms. The van der Waals surface area contributed by atoms with E-state index in [4.69, 9.17) is 9.47 Å². The minimum Gasteiger partial charge on any atom is -0.465 e. The first-order valence-corrected chi connectivity index (χ1v) is 34.8. The first-order chi connectivity index (χ1) is 38.2. The van der Waals surface area contributed by atoms with Gasteiger partial charge >= 0.3 is 11.9 Å². The number of nitrogens with zero attached hydrogens (tertiary/aromatic N) is 1. The fourth-order valence-corrected chi connectivity index (χ4v) is 11.0. The van der Waals surface area contributed by atoms with E-state index < -0.39 is 0 Å². The van der Waals surface area contributed by atoms with Crippen molar-refractivity contribution in [2.45, 2.75) is 362 Å². The predicted molar refractivity (Wildman–Crippen MR) is 335 cm³/mol. The molecule has 0 aliphatic heterocycles. The van der Waals surface area contributed by atoms with Gasteiger partial charge in [-0.15, -0.1) is 0 Å². The van der Waals surface area contributed by atoms with Crippen LogP contribution in [-0.2, 0) is 28.7 Å². The van der Waals surface area contributed by atoms with Crippen LogP contribution in [0.4, 0.5) is 0 Å². The van der Waals surface area contributed by atoms with Crippen LogP contribution in [0.2, 0.25) is 0 Å². The van der Waals surface area contributed by atoms with Gasteiger partial charge in [0.2, 0.25) is 11.8 Å². The van der Waals surface area contributed by atoms with Gasteiger partial charge in [0.05, 0.1) is 13.2 Å². The molecule has 2 unspecified atom stereocenters. The normalized spacial score (nSPS) is 12.3. The third-order valence-corrected chi connectivity index (χ3v) is 16.5.